The lowest BCUT2D eigenvalue weighted by Gasteiger charge is -2.29. The zero-order valence-corrected chi connectivity index (χ0v) is 16.1. The lowest BCUT2D eigenvalue weighted by atomic mass is 9.90. The van der Waals surface area contributed by atoms with E-state index in [1.165, 1.54) is 24.3 Å². The van der Waals surface area contributed by atoms with Crippen molar-refractivity contribution < 1.29 is 27.4 Å². The molecule has 1 aliphatic rings. The van der Waals surface area contributed by atoms with Gasteiger partial charge in [-0.1, -0.05) is 19.1 Å². The fourth-order valence-electron chi connectivity index (χ4n) is 3.40. The molecule has 152 valence electrons. The van der Waals surface area contributed by atoms with E-state index in [0.29, 0.717) is 31.8 Å². The molecule has 0 saturated carbocycles. The zero-order valence-electron chi connectivity index (χ0n) is 16.1. The molecule has 2 aromatic rings. The Morgan fingerprint density at radius 3 is 2.43 bits per heavy atom. The van der Waals surface area contributed by atoms with Crippen LogP contribution in [-0.2, 0) is 9.47 Å². The van der Waals surface area contributed by atoms with E-state index >= 15 is 0 Å². The average Bonchev–Trinajstić information content (AvgIpc) is 2.70. The molecule has 2 aromatic carbocycles. The van der Waals surface area contributed by atoms with Gasteiger partial charge in [0.05, 0.1) is 13.2 Å². The highest BCUT2D eigenvalue weighted by Crippen LogP contribution is 2.35. The van der Waals surface area contributed by atoms with Gasteiger partial charge in [0, 0.05) is 29.7 Å². The summed E-state index contributed by atoms with van der Waals surface area (Å²) in [5, 5.41) is 0. The Kier molecular flexibility index (Phi) is 6.97. The van der Waals surface area contributed by atoms with E-state index in [4.69, 9.17) is 14.2 Å². The molecule has 0 radical (unpaired) electrons. The van der Waals surface area contributed by atoms with Gasteiger partial charge >= 0.3 is 0 Å². The molecule has 2 unspecified atom stereocenters. The molecule has 0 spiro atoms. The molecule has 3 rings (SSSR count). The minimum Gasteiger partial charge on any atom is -0.494 e. The molecule has 0 N–H and O–H groups in total. The van der Waals surface area contributed by atoms with Crippen molar-refractivity contribution in [1.82, 2.24) is 0 Å². The first-order chi connectivity index (χ1) is 13.5. The molecule has 1 fully saturated rings. The highest BCUT2D eigenvalue weighted by molar-refractivity contribution is 5.66. The average molecular weight is 394 g/mol. The van der Waals surface area contributed by atoms with Crippen LogP contribution in [0.5, 0.6) is 5.75 Å². The molecule has 1 heterocycles. The maximum Gasteiger partial charge on any atom is 0.167 e. The van der Waals surface area contributed by atoms with E-state index in [-0.39, 0.29) is 35.5 Å². The second-order valence-corrected chi connectivity index (χ2v) is 6.81. The summed E-state index contributed by atoms with van der Waals surface area (Å²) in [6.45, 7) is 5.09. The Balaban J connectivity index is 1.81. The summed E-state index contributed by atoms with van der Waals surface area (Å²) in [6.07, 6.45) is 1.75. The number of hydrogen-bond donors (Lipinski definition) is 0. The minimum atomic E-state index is -1.05. The number of ether oxygens (including phenoxy) is 3. The van der Waals surface area contributed by atoms with Gasteiger partial charge in [0.2, 0.25) is 0 Å². The van der Waals surface area contributed by atoms with Gasteiger partial charge < -0.3 is 14.2 Å². The van der Waals surface area contributed by atoms with Crippen molar-refractivity contribution in [3.05, 3.63) is 53.3 Å². The van der Waals surface area contributed by atoms with Gasteiger partial charge in [0.1, 0.15) is 11.6 Å². The number of benzene rings is 2. The van der Waals surface area contributed by atoms with Crippen LogP contribution < -0.4 is 4.74 Å². The third-order valence-corrected chi connectivity index (χ3v) is 4.84. The number of halogens is 3. The monoisotopic (exact) mass is 394 g/mol. The molecule has 6 heteroatoms. The molecular weight excluding hydrogens is 369 g/mol. The third kappa shape index (κ3) is 4.50. The lowest BCUT2D eigenvalue weighted by Crippen LogP contribution is -2.27. The van der Waals surface area contributed by atoms with Gasteiger partial charge in [-0.2, -0.15) is 0 Å². The Bertz CT molecular complexity index is 802. The van der Waals surface area contributed by atoms with E-state index in [1.807, 2.05) is 13.8 Å². The molecule has 0 amide bonds. The SMILES string of the molecule is CCCOc1ccc(-c2ccc(C3CCC(OCC)OC3)c(F)c2F)c(F)c1. The quantitative estimate of drug-likeness (QED) is 0.593. The van der Waals surface area contributed by atoms with Crippen molar-refractivity contribution in [3.63, 3.8) is 0 Å². The van der Waals surface area contributed by atoms with Crippen molar-refractivity contribution in [3.8, 4) is 16.9 Å². The maximum absolute atomic E-state index is 14.7. The fourth-order valence-corrected chi connectivity index (χ4v) is 3.40. The van der Waals surface area contributed by atoms with Gasteiger partial charge in [-0.25, -0.2) is 13.2 Å². The van der Waals surface area contributed by atoms with Crippen LogP contribution in [0.4, 0.5) is 13.2 Å². The van der Waals surface area contributed by atoms with Crippen LogP contribution in [0, 0.1) is 17.5 Å². The first-order valence-corrected chi connectivity index (χ1v) is 9.68. The van der Waals surface area contributed by atoms with E-state index in [1.54, 1.807) is 6.07 Å². The van der Waals surface area contributed by atoms with E-state index in [2.05, 4.69) is 0 Å². The predicted octanol–water partition coefficient (Wildman–Crippen LogP) is 5.82. The first-order valence-electron chi connectivity index (χ1n) is 9.68. The lowest BCUT2D eigenvalue weighted by molar-refractivity contribution is -0.164. The summed E-state index contributed by atoms with van der Waals surface area (Å²) in [5.41, 5.74) is 0.146. The van der Waals surface area contributed by atoms with Gasteiger partial charge in [0.15, 0.2) is 17.9 Å². The number of hydrogen-bond acceptors (Lipinski definition) is 3. The zero-order chi connectivity index (χ0) is 20.1. The Labute approximate surface area is 163 Å². The van der Waals surface area contributed by atoms with Crippen LogP contribution in [0.25, 0.3) is 11.1 Å². The topological polar surface area (TPSA) is 27.7 Å². The highest BCUT2D eigenvalue weighted by Gasteiger charge is 2.27. The Morgan fingerprint density at radius 2 is 1.79 bits per heavy atom. The largest absolute Gasteiger partial charge is 0.494 e. The van der Waals surface area contributed by atoms with E-state index in [9.17, 15) is 13.2 Å². The molecular formula is C22H25F3O3. The highest BCUT2D eigenvalue weighted by atomic mass is 19.2. The minimum absolute atomic E-state index is 0.00287. The van der Waals surface area contributed by atoms with Crippen LogP contribution in [0.1, 0.15) is 44.6 Å². The van der Waals surface area contributed by atoms with Gasteiger partial charge in [-0.15, -0.1) is 0 Å². The predicted molar refractivity (Wildman–Crippen MR) is 101 cm³/mol. The molecule has 1 aliphatic heterocycles. The summed E-state index contributed by atoms with van der Waals surface area (Å²) in [4.78, 5) is 0. The standard InChI is InChI=1S/C22H25F3O3/c1-3-11-27-15-6-7-17(19(23)12-15)18-9-8-16(21(24)22(18)25)14-5-10-20(26-4-2)28-13-14/h6-9,12,14,20H,3-5,10-11,13H2,1-2H3. The fraction of sp³-hybridized carbons (Fsp3) is 0.455. The summed E-state index contributed by atoms with van der Waals surface area (Å²) in [6, 6.07) is 7.10. The van der Waals surface area contributed by atoms with E-state index < -0.39 is 17.5 Å². The summed E-state index contributed by atoms with van der Waals surface area (Å²) >= 11 is 0. The van der Waals surface area contributed by atoms with Crippen LogP contribution in [0.3, 0.4) is 0 Å². The van der Waals surface area contributed by atoms with Crippen molar-refractivity contribution in [2.75, 3.05) is 19.8 Å². The smallest absolute Gasteiger partial charge is 0.167 e. The molecule has 3 nitrogen and oxygen atoms in total. The van der Waals surface area contributed by atoms with Crippen molar-refractivity contribution >= 4 is 0 Å². The molecule has 0 aromatic heterocycles. The van der Waals surface area contributed by atoms with Gasteiger partial charge in [-0.3, -0.25) is 0 Å². The maximum atomic E-state index is 14.7. The Morgan fingerprint density at radius 1 is 1.00 bits per heavy atom. The van der Waals surface area contributed by atoms with Gasteiger partial charge in [-0.05, 0) is 43.9 Å². The van der Waals surface area contributed by atoms with Crippen LogP contribution in [0.2, 0.25) is 0 Å². The van der Waals surface area contributed by atoms with Crippen LogP contribution in [-0.4, -0.2) is 26.1 Å². The molecule has 0 aliphatic carbocycles. The second-order valence-electron chi connectivity index (χ2n) is 6.81. The van der Waals surface area contributed by atoms with Crippen molar-refractivity contribution in [2.45, 2.75) is 45.3 Å². The third-order valence-electron chi connectivity index (χ3n) is 4.84. The molecule has 2 atom stereocenters. The normalized spacial score (nSPS) is 19.6. The Hall–Kier alpha value is -2.05. The summed E-state index contributed by atoms with van der Waals surface area (Å²) < 4.78 is 60.3. The van der Waals surface area contributed by atoms with Gasteiger partial charge in [0.25, 0.3) is 0 Å². The summed E-state index contributed by atoms with van der Waals surface area (Å²) in [5.74, 6) is -2.55. The summed E-state index contributed by atoms with van der Waals surface area (Å²) in [7, 11) is 0. The van der Waals surface area contributed by atoms with Crippen molar-refractivity contribution in [2.24, 2.45) is 0 Å². The van der Waals surface area contributed by atoms with E-state index in [0.717, 1.165) is 6.42 Å². The first kappa shape index (κ1) is 20.7. The van der Waals surface area contributed by atoms with Crippen molar-refractivity contribution in [1.29, 1.82) is 0 Å². The van der Waals surface area contributed by atoms with Crippen LogP contribution >= 0.6 is 0 Å². The molecule has 1 saturated heterocycles. The second kappa shape index (κ2) is 9.43. The van der Waals surface area contributed by atoms with Crippen LogP contribution in [0.15, 0.2) is 30.3 Å². The number of rotatable bonds is 7. The molecule has 0 bridgehead atoms. The molecule has 28 heavy (non-hydrogen) atoms.